The zero-order chi connectivity index (χ0) is 17.3. The molecule has 1 aromatic heterocycles. The summed E-state index contributed by atoms with van der Waals surface area (Å²) in [6.07, 6.45) is 1.42. The Morgan fingerprint density at radius 1 is 1.22 bits per heavy atom. The molecule has 6 N–H and O–H groups in total. The Kier molecular flexibility index (Phi) is 13.0. The van der Waals surface area contributed by atoms with Crippen molar-refractivity contribution in [3.8, 4) is 12.1 Å². The van der Waals surface area contributed by atoms with Crippen LogP contribution in [0.3, 0.4) is 0 Å². The van der Waals surface area contributed by atoms with Gasteiger partial charge in [0.1, 0.15) is 0 Å². The molecule has 0 aliphatic heterocycles. The molecule has 1 heterocycles. The normalized spacial score (nSPS) is 8.91. The highest BCUT2D eigenvalue weighted by molar-refractivity contribution is 5.80. The van der Waals surface area contributed by atoms with E-state index in [1.54, 1.807) is 7.11 Å². The molecule has 0 fully saturated rings. The number of methoxy groups -OCH3 is 1. The summed E-state index contributed by atoms with van der Waals surface area (Å²) in [5.74, 6) is 8.00. The van der Waals surface area contributed by atoms with Crippen molar-refractivity contribution >= 4 is 10.9 Å². The van der Waals surface area contributed by atoms with E-state index in [4.69, 9.17) is 15.3 Å². The van der Waals surface area contributed by atoms with Crippen molar-refractivity contribution in [1.82, 2.24) is 10.3 Å². The minimum Gasteiger partial charge on any atom is -0.385 e. The number of aromatic amines is 1. The van der Waals surface area contributed by atoms with Gasteiger partial charge in [0, 0.05) is 24.9 Å². The lowest BCUT2D eigenvalue weighted by atomic mass is 10.2. The Balaban J connectivity index is 0.000000396. The predicted octanol–water partition coefficient (Wildman–Crippen LogP) is 1.19. The van der Waals surface area contributed by atoms with Crippen LogP contribution in [-0.2, 0) is 11.2 Å². The molecule has 0 aliphatic carbocycles. The van der Waals surface area contributed by atoms with Crippen LogP contribution in [0.25, 0.3) is 10.9 Å². The van der Waals surface area contributed by atoms with Crippen molar-refractivity contribution < 1.29 is 4.74 Å². The minimum absolute atomic E-state index is 0.434. The molecule has 2 rings (SSSR count). The number of hydrazine groups is 1. The quantitative estimate of drug-likeness (QED) is 0.273. The van der Waals surface area contributed by atoms with Crippen LogP contribution in [0.5, 0.6) is 0 Å². The number of hydrogen-bond donors (Lipinski definition) is 4. The number of para-hydroxylation sites is 1. The van der Waals surface area contributed by atoms with Gasteiger partial charge < -0.3 is 15.0 Å². The van der Waals surface area contributed by atoms with E-state index in [1.807, 2.05) is 36.4 Å². The standard InChI is InChI=1S/C10H8N2.C6H12N2O.H4N2/c11-6-5-9-7-8-3-1-2-4-10(8)12-9;1-9-6-2-4-8-5-3-7;1-2/h1-4,7,12H,5H2;8H,2,4-6H2,1H3;1-2H2. The molecule has 2 aromatic rings. The number of ether oxygens (including phenoxy) is 1. The van der Waals surface area contributed by atoms with Gasteiger partial charge in [-0.05, 0) is 30.5 Å². The highest BCUT2D eigenvalue weighted by atomic mass is 16.5. The molecule has 0 atom stereocenters. The van der Waals surface area contributed by atoms with Gasteiger partial charge in [-0.2, -0.15) is 10.5 Å². The smallest absolute Gasteiger partial charge is 0.0840 e. The van der Waals surface area contributed by atoms with E-state index in [1.165, 1.54) is 5.39 Å². The molecule has 0 aliphatic rings. The summed E-state index contributed by atoms with van der Waals surface area (Å²) >= 11 is 0. The predicted molar refractivity (Wildman–Crippen MR) is 91.0 cm³/mol. The Hall–Kier alpha value is -2.42. The summed E-state index contributed by atoms with van der Waals surface area (Å²) in [5.41, 5.74) is 2.08. The van der Waals surface area contributed by atoms with Crippen LogP contribution in [0.1, 0.15) is 12.1 Å². The first-order chi connectivity index (χ1) is 11.3. The maximum atomic E-state index is 8.47. The molecule has 0 amide bonds. The van der Waals surface area contributed by atoms with Gasteiger partial charge in [0.15, 0.2) is 0 Å². The van der Waals surface area contributed by atoms with E-state index in [0.717, 1.165) is 30.8 Å². The second-order valence-electron chi connectivity index (χ2n) is 4.40. The SMILES string of the molecule is COCCCNCC#N.N#CCc1cc2ccccc2[nH]1.NN. The topological polar surface area (TPSA) is 137 Å². The fourth-order valence-electron chi connectivity index (χ4n) is 1.80. The molecule has 0 spiro atoms. The highest BCUT2D eigenvalue weighted by Gasteiger charge is 1.97. The van der Waals surface area contributed by atoms with E-state index in [9.17, 15) is 0 Å². The van der Waals surface area contributed by atoms with Crippen molar-refractivity contribution in [1.29, 1.82) is 10.5 Å². The average Bonchev–Trinajstić information content (AvgIpc) is 3.00. The van der Waals surface area contributed by atoms with Gasteiger partial charge in [-0.25, -0.2) is 0 Å². The Bertz CT molecular complexity index is 578. The van der Waals surface area contributed by atoms with E-state index in [0.29, 0.717) is 13.0 Å². The van der Waals surface area contributed by atoms with Gasteiger partial charge in [-0.1, -0.05) is 18.2 Å². The first-order valence-electron chi connectivity index (χ1n) is 7.15. The molecule has 0 bridgehead atoms. The van der Waals surface area contributed by atoms with Gasteiger partial charge in [0.2, 0.25) is 0 Å². The Labute approximate surface area is 136 Å². The largest absolute Gasteiger partial charge is 0.385 e. The third-order valence-electron chi connectivity index (χ3n) is 2.76. The molecule has 124 valence electrons. The first kappa shape index (κ1) is 20.6. The number of aromatic nitrogens is 1. The molecule has 0 saturated carbocycles. The van der Waals surface area contributed by atoms with Crippen molar-refractivity contribution in [2.24, 2.45) is 11.7 Å². The zero-order valence-electron chi connectivity index (χ0n) is 13.4. The molecular weight excluding hydrogens is 292 g/mol. The van der Waals surface area contributed by atoms with Crippen LogP contribution in [0.4, 0.5) is 0 Å². The van der Waals surface area contributed by atoms with E-state index < -0.39 is 0 Å². The average molecular weight is 316 g/mol. The Morgan fingerprint density at radius 2 is 1.96 bits per heavy atom. The second kappa shape index (κ2) is 14.5. The number of nitriles is 2. The highest BCUT2D eigenvalue weighted by Crippen LogP contribution is 2.14. The number of nitrogens with zero attached hydrogens (tertiary/aromatic N) is 2. The monoisotopic (exact) mass is 316 g/mol. The number of fused-ring (bicyclic) bond motifs is 1. The lowest BCUT2D eigenvalue weighted by Crippen LogP contribution is -2.16. The third kappa shape index (κ3) is 9.25. The molecule has 23 heavy (non-hydrogen) atoms. The lowest BCUT2D eigenvalue weighted by molar-refractivity contribution is 0.194. The molecule has 7 nitrogen and oxygen atoms in total. The molecular formula is C16H24N6O. The number of nitrogens with one attached hydrogen (secondary N) is 2. The van der Waals surface area contributed by atoms with E-state index in [2.05, 4.69) is 28.1 Å². The third-order valence-corrected chi connectivity index (χ3v) is 2.76. The van der Waals surface area contributed by atoms with Gasteiger partial charge in [0.05, 0.1) is 25.1 Å². The van der Waals surface area contributed by atoms with Crippen LogP contribution in [0.15, 0.2) is 30.3 Å². The van der Waals surface area contributed by atoms with Gasteiger partial charge in [-0.3, -0.25) is 11.7 Å². The van der Waals surface area contributed by atoms with Gasteiger partial charge >= 0.3 is 0 Å². The summed E-state index contributed by atoms with van der Waals surface area (Å²) < 4.78 is 4.80. The van der Waals surface area contributed by atoms with E-state index in [-0.39, 0.29) is 0 Å². The fraction of sp³-hybridized carbons (Fsp3) is 0.375. The molecule has 7 heteroatoms. The number of rotatable bonds is 6. The van der Waals surface area contributed by atoms with Gasteiger partial charge in [0.25, 0.3) is 0 Å². The van der Waals surface area contributed by atoms with Crippen LogP contribution in [0, 0.1) is 22.7 Å². The van der Waals surface area contributed by atoms with Gasteiger partial charge in [-0.15, -0.1) is 0 Å². The molecule has 0 unspecified atom stereocenters. The van der Waals surface area contributed by atoms with E-state index >= 15 is 0 Å². The van der Waals surface area contributed by atoms with Crippen LogP contribution in [0.2, 0.25) is 0 Å². The summed E-state index contributed by atoms with van der Waals surface area (Å²) in [6, 6.07) is 14.1. The maximum Gasteiger partial charge on any atom is 0.0840 e. The number of nitrogens with two attached hydrogens (primary N) is 2. The van der Waals surface area contributed by atoms with Crippen LogP contribution < -0.4 is 17.0 Å². The van der Waals surface area contributed by atoms with Crippen molar-refractivity contribution in [2.45, 2.75) is 12.8 Å². The molecule has 0 saturated heterocycles. The zero-order valence-corrected chi connectivity index (χ0v) is 13.4. The maximum absolute atomic E-state index is 8.47. The minimum atomic E-state index is 0.434. The van der Waals surface area contributed by atoms with Crippen molar-refractivity contribution in [2.75, 3.05) is 26.8 Å². The summed E-state index contributed by atoms with van der Waals surface area (Å²) in [5, 5.41) is 20.7. The number of H-pyrrole nitrogens is 1. The summed E-state index contributed by atoms with van der Waals surface area (Å²) in [6.45, 7) is 2.06. The number of benzene rings is 1. The van der Waals surface area contributed by atoms with Crippen molar-refractivity contribution in [3.63, 3.8) is 0 Å². The van der Waals surface area contributed by atoms with Crippen LogP contribution >= 0.6 is 0 Å². The number of hydrogen-bond acceptors (Lipinski definition) is 6. The summed E-state index contributed by atoms with van der Waals surface area (Å²) in [7, 11) is 1.67. The first-order valence-corrected chi connectivity index (χ1v) is 7.15. The van der Waals surface area contributed by atoms with Crippen molar-refractivity contribution in [3.05, 3.63) is 36.0 Å². The molecule has 0 radical (unpaired) electrons. The summed E-state index contributed by atoms with van der Waals surface area (Å²) in [4.78, 5) is 3.17. The Morgan fingerprint density at radius 3 is 2.57 bits per heavy atom. The lowest BCUT2D eigenvalue weighted by Gasteiger charge is -1.97. The fourth-order valence-corrected chi connectivity index (χ4v) is 1.80. The molecule has 1 aromatic carbocycles. The second-order valence-corrected chi connectivity index (χ2v) is 4.40. The van der Waals surface area contributed by atoms with Crippen LogP contribution in [-0.4, -0.2) is 31.8 Å².